The van der Waals surface area contributed by atoms with E-state index in [9.17, 15) is 9.90 Å². The van der Waals surface area contributed by atoms with E-state index in [0.29, 0.717) is 11.3 Å². The van der Waals surface area contributed by atoms with Gasteiger partial charge in [0, 0.05) is 5.56 Å². The van der Waals surface area contributed by atoms with Crippen molar-refractivity contribution in [2.24, 2.45) is 5.92 Å². The Morgan fingerprint density at radius 2 is 1.86 bits per heavy atom. The number of hydrogen-bond donors (Lipinski definition) is 1. The summed E-state index contributed by atoms with van der Waals surface area (Å²) in [6, 6.07) is 11.2. The van der Waals surface area contributed by atoms with Crippen LogP contribution >= 0.6 is 0 Å². The van der Waals surface area contributed by atoms with Crippen molar-refractivity contribution in [1.29, 1.82) is 0 Å². The molecular weight excluding hydrogens is 354 g/mol. The first-order valence-corrected chi connectivity index (χ1v) is 9.85. The monoisotopic (exact) mass is 381 g/mol. The summed E-state index contributed by atoms with van der Waals surface area (Å²) in [6.45, 7) is 6.06. The van der Waals surface area contributed by atoms with Gasteiger partial charge in [0.25, 0.3) is 0 Å². The first-order chi connectivity index (χ1) is 13.5. The zero-order valence-corrected chi connectivity index (χ0v) is 16.7. The lowest BCUT2D eigenvalue weighted by Gasteiger charge is -2.15. The lowest BCUT2D eigenvalue weighted by Crippen LogP contribution is -2.17. The molecule has 0 saturated carbocycles. The Morgan fingerprint density at radius 1 is 1.18 bits per heavy atom. The number of rotatable bonds is 8. The lowest BCUT2D eigenvalue weighted by molar-refractivity contribution is -0.150. The second kappa shape index (κ2) is 8.87. The number of carbonyl (C=O) groups is 1. The van der Waals surface area contributed by atoms with E-state index in [-0.39, 0.29) is 24.2 Å². The molecule has 0 bridgehead atoms. The van der Waals surface area contributed by atoms with Crippen LogP contribution in [0.4, 0.5) is 0 Å². The van der Waals surface area contributed by atoms with Gasteiger partial charge < -0.3 is 9.84 Å². The van der Waals surface area contributed by atoms with Crippen molar-refractivity contribution in [2.45, 2.75) is 53.1 Å². The van der Waals surface area contributed by atoms with Gasteiger partial charge in [0.2, 0.25) is 0 Å². The Labute approximate surface area is 165 Å². The fourth-order valence-electron chi connectivity index (χ4n) is 3.27. The number of carbonyl (C=O) groups excluding carboxylic acids is 1. The molecule has 3 aromatic rings. The first kappa shape index (κ1) is 19.9. The highest BCUT2D eigenvalue weighted by Crippen LogP contribution is 2.29. The number of nitrogens with zero attached hydrogens (tertiary/aromatic N) is 3. The van der Waals surface area contributed by atoms with E-state index in [0.717, 1.165) is 42.3 Å². The van der Waals surface area contributed by atoms with E-state index in [1.807, 2.05) is 50.2 Å². The van der Waals surface area contributed by atoms with Gasteiger partial charge in [0.15, 0.2) is 0 Å². The van der Waals surface area contributed by atoms with Crippen molar-refractivity contribution in [2.75, 3.05) is 0 Å². The number of ether oxygens (including phenoxy) is 1. The summed E-state index contributed by atoms with van der Waals surface area (Å²) in [5.41, 5.74) is 3.45. The van der Waals surface area contributed by atoms with Crippen molar-refractivity contribution in [3.05, 3.63) is 47.5 Å². The van der Waals surface area contributed by atoms with E-state index < -0.39 is 0 Å². The van der Waals surface area contributed by atoms with Crippen LogP contribution in [0, 0.1) is 12.8 Å². The van der Waals surface area contributed by atoms with Gasteiger partial charge in [-0.2, -0.15) is 0 Å². The van der Waals surface area contributed by atoms with Crippen LogP contribution in [0.1, 0.15) is 50.7 Å². The van der Waals surface area contributed by atoms with Crippen LogP contribution in [0.2, 0.25) is 0 Å². The predicted molar refractivity (Wildman–Crippen MR) is 108 cm³/mol. The third kappa shape index (κ3) is 4.32. The Morgan fingerprint density at radius 3 is 2.46 bits per heavy atom. The summed E-state index contributed by atoms with van der Waals surface area (Å²) in [5, 5.41) is 19.6. The minimum absolute atomic E-state index is 0.0281. The standard InChI is InChI=1S/C22H27N3O3/c1-4-6-9-16(5-2)22(27)28-14-17-12-15(3)13-20(21(17)26)25-23-18-10-7-8-11-19(18)24-25/h7-8,10-13,16,26H,4-6,9,14H2,1-3H3. The normalized spacial score (nSPS) is 12.2. The molecule has 1 unspecified atom stereocenters. The maximum absolute atomic E-state index is 12.4. The molecule has 0 saturated heterocycles. The number of aromatic nitrogens is 3. The average Bonchev–Trinajstić information content (AvgIpc) is 3.12. The molecule has 0 fully saturated rings. The number of fused-ring (bicyclic) bond motifs is 1. The molecule has 0 amide bonds. The first-order valence-electron chi connectivity index (χ1n) is 9.85. The van der Waals surface area contributed by atoms with Gasteiger partial charge in [-0.3, -0.25) is 4.79 Å². The van der Waals surface area contributed by atoms with Crippen molar-refractivity contribution >= 4 is 17.0 Å². The van der Waals surface area contributed by atoms with Gasteiger partial charge in [0.1, 0.15) is 29.1 Å². The number of benzene rings is 2. The minimum atomic E-state index is -0.207. The van der Waals surface area contributed by atoms with Gasteiger partial charge in [-0.15, -0.1) is 15.0 Å². The number of aryl methyl sites for hydroxylation is 1. The highest BCUT2D eigenvalue weighted by atomic mass is 16.5. The highest BCUT2D eigenvalue weighted by molar-refractivity contribution is 5.74. The molecule has 6 heteroatoms. The summed E-state index contributed by atoms with van der Waals surface area (Å²) in [7, 11) is 0. The van der Waals surface area contributed by atoms with E-state index in [4.69, 9.17) is 4.74 Å². The van der Waals surface area contributed by atoms with Crippen LogP contribution < -0.4 is 0 Å². The van der Waals surface area contributed by atoms with Gasteiger partial charge in [-0.1, -0.05) is 38.8 Å². The molecule has 0 aliphatic heterocycles. The molecule has 0 radical (unpaired) electrons. The Balaban J connectivity index is 1.82. The topological polar surface area (TPSA) is 77.2 Å². The van der Waals surface area contributed by atoms with Crippen LogP contribution in [0.3, 0.4) is 0 Å². The zero-order chi connectivity index (χ0) is 20.1. The summed E-state index contributed by atoms with van der Waals surface area (Å²) < 4.78 is 5.51. The maximum atomic E-state index is 12.4. The molecule has 0 spiro atoms. The van der Waals surface area contributed by atoms with Gasteiger partial charge in [-0.05, 0) is 49.6 Å². The van der Waals surface area contributed by atoms with Crippen LogP contribution in [0.5, 0.6) is 5.75 Å². The molecule has 2 aromatic carbocycles. The van der Waals surface area contributed by atoms with E-state index in [2.05, 4.69) is 17.1 Å². The summed E-state index contributed by atoms with van der Waals surface area (Å²) in [4.78, 5) is 13.8. The van der Waals surface area contributed by atoms with Crippen LogP contribution in [-0.2, 0) is 16.1 Å². The number of aromatic hydroxyl groups is 1. The quantitative estimate of drug-likeness (QED) is 0.573. The van der Waals surface area contributed by atoms with Crippen LogP contribution in [0.25, 0.3) is 16.7 Å². The minimum Gasteiger partial charge on any atom is -0.505 e. The van der Waals surface area contributed by atoms with Crippen LogP contribution in [-0.4, -0.2) is 26.1 Å². The zero-order valence-electron chi connectivity index (χ0n) is 16.7. The predicted octanol–water partition coefficient (Wildman–Crippen LogP) is 4.69. The molecule has 3 rings (SSSR count). The number of esters is 1. The Hall–Kier alpha value is -2.89. The number of hydrogen-bond acceptors (Lipinski definition) is 5. The molecular formula is C22H27N3O3. The lowest BCUT2D eigenvalue weighted by atomic mass is 10.00. The summed E-state index contributed by atoms with van der Waals surface area (Å²) in [6.07, 6.45) is 3.65. The average molecular weight is 381 g/mol. The van der Waals surface area contributed by atoms with Crippen molar-refractivity contribution in [3.8, 4) is 11.4 Å². The van der Waals surface area contributed by atoms with Crippen LogP contribution in [0.15, 0.2) is 36.4 Å². The van der Waals surface area contributed by atoms with E-state index >= 15 is 0 Å². The maximum Gasteiger partial charge on any atom is 0.309 e. The van der Waals surface area contributed by atoms with Crippen molar-refractivity contribution < 1.29 is 14.6 Å². The van der Waals surface area contributed by atoms with Gasteiger partial charge in [-0.25, -0.2) is 0 Å². The van der Waals surface area contributed by atoms with Gasteiger partial charge >= 0.3 is 5.97 Å². The number of phenols is 1. The third-order valence-electron chi connectivity index (χ3n) is 4.92. The second-order valence-corrected chi connectivity index (χ2v) is 7.13. The summed E-state index contributed by atoms with van der Waals surface area (Å²) >= 11 is 0. The molecule has 0 aliphatic carbocycles. The summed E-state index contributed by atoms with van der Waals surface area (Å²) in [5.74, 6) is -0.272. The third-order valence-corrected chi connectivity index (χ3v) is 4.92. The number of unbranched alkanes of at least 4 members (excludes halogenated alkanes) is 1. The molecule has 1 heterocycles. The molecule has 0 aliphatic rings. The molecule has 28 heavy (non-hydrogen) atoms. The van der Waals surface area contributed by atoms with E-state index in [1.165, 1.54) is 4.80 Å². The molecule has 1 aromatic heterocycles. The van der Waals surface area contributed by atoms with Crippen molar-refractivity contribution in [1.82, 2.24) is 15.0 Å². The Bertz CT molecular complexity index is 932. The SMILES string of the molecule is CCCCC(CC)C(=O)OCc1cc(C)cc(-n2nc3ccccc3n2)c1O. The highest BCUT2D eigenvalue weighted by Gasteiger charge is 2.19. The Kier molecular flexibility index (Phi) is 6.29. The smallest absolute Gasteiger partial charge is 0.309 e. The van der Waals surface area contributed by atoms with E-state index in [1.54, 1.807) is 0 Å². The largest absolute Gasteiger partial charge is 0.505 e. The molecule has 1 atom stereocenters. The fraction of sp³-hybridized carbons (Fsp3) is 0.409. The molecule has 6 nitrogen and oxygen atoms in total. The molecule has 148 valence electrons. The fourth-order valence-corrected chi connectivity index (χ4v) is 3.27. The van der Waals surface area contributed by atoms with Crippen molar-refractivity contribution in [3.63, 3.8) is 0 Å². The number of phenolic OH excluding ortho intramolecular Hbond substituents is 1. The second-order valence-electron chi connectivity index (χ2n) is 7.13. The van der Waals surface area contributed by atoms with Gasteiger partial charge in [0.05, 0.1) is 5.92 Å². The molecule has 1 N–H and O–H groups in total.